The van der Waals surface area contributed by atoms with Gasteiger partial charge in [-0.15, -0.1) is 0 Å². The second kappa shape index (κ2) is 5.92. The van der Waals surface area contributed by atoms with Gasteiger partial charge in [0.1, 0.15) is 17.9 Å². The molecule has 1 aliphatic carbocycles. The van der Waals surface area contributed by atoms with Gasteiger partial charge < -0.3 is 10.1 Å². The maximum Gasteiger partial charge on any atom is 0.325 e. The van der Waals surface area contributed by atoms with Crippen LogP contribution in [-0.2, 0) is 16.8 Å². The largest absolute Gasteiger partial charge is 0.492 e. The average Bonchev–Trinajstić information content (AvgIpc) is 3.10. The zero-order chi connectivity index (χ0) is 17.4. The summed E-state index contributed by atoms with van der Waals surface area (Å²) in [6.07, 6.45) is 1.42. The molecule has 3 amide bonds. The molecule has 2 aromatic rings. The fourth-order valence-corrected chi connectivity index (χ4v) is 3.68. The van der Waals surface area contributed by atoms with Crippen LogP contribution in [-0.4, -0.2) is 30.0 Å². The average molecular weight is 336 g/mol. The Morgan fingerprint density at radius 1 is 1.12 bits per heavy atom. The number of fused-ring (bicyclic) bond motifs is 2. The van der Waals surface area contributed by atoms with Crippen molar-refractivity contribution < 1.29 is 14.3 Å². The Balaban J connectivity index is 1.46. The first-order valence-corrected chi connectivity index (χ1v) is 8.52. The second-order valence-corrected chi connectivity index (χ2v) is 6.61. The summed E-state index contributed by atoms with van der Waals surface area (Å²) in [5, 5.41) is 2.92. The van der Waals surface area contributed by atoms with E-state index in [4.69, 9.17) is 4.74 Å². The van der Waals surface area contributed by atoms with Gasteiger partial charge in [-0.3, -0.25) is 9.69 Å². The normalized spacial score (nSPS) is 21.6. The summed E-state index contributed by atoms with van der Waals surface area (Å²) in [7, 11) is 0. The lowest BCUT2D eigenvalue weighted by Crippen LogP contribution is -2.42. The minimum Gasteiger partial charge on any atom is -0.492 e. The molecule has 1 heterocycles. The Morgan fingerprint density at radius 3 is 2.68 bits per heavy atom. The number of aryl methyl sites for hydroxylation is 2. The van der Waals surface area contributed by atoms with Crippen LogP contribution in [0.5, 0.6) is 5.75 Å². The van der Waals surface area contributed by atoms with E-state index in [1.807, 2.05) is 55.5 Å². The summed E-state index contributed by atoms with van der Waals surface area (Å²) >= 11 is 0. The Morgan fingerprint density at radius 2 is 1.88 bits per heavy atom. The third-order valence-corrected chi connectivity index (χ3v) is 5.03. The number of nitrogens with one attached hydrogen (secondary N) is 1. The van der Waals surface area contributed by atoms with Crippen LogP contribution in [0, 0.1) is 6.92 Å². The first-order valence-electron chi connectivity index (χ1n) is 8.52. The summed E-state index contributed by atoms with van der Waals surface area (Å²) in [5.74, 6) is 0.563. The summed E-state index contributed by atoms with van der Waals surface area (Å²) in [6, 6.07) is 15.2. The van der Waals surface area contributed by atoms with Crippen molar-refractivity contribution in [2.45, 2.75) is 25.3 Å². The van der Waals surface area contributed by atoms with Gasteiger partial charge in [-0.2, -0.15) is 0 Å². The minimum absolute atomic E-state index is 0.171. The van der Waals surface area contributed by atoms with Crippen LogP contribution in [0.2, 0.25) is 0 Å². The lowest BCUT2D eigenvalue weighted by Gasteiger charge is -2.22. The number of benzene rings is 2. The topological polar surface area (TPSA) is 58.6 Å². The zero-order valence-corrected chi connectivity index (χ0v) is 14.1. The molecular weight excluding hydrogens is 316 g/mol. The molecular formula is C20H20N2O3. The molecule has 2 aromatic carbocycles. The molecule has 1 N–H and O–H groups in total. The quantitative estimate of drug-likeness (QED) is 0.874. The first-order chi connectivity index (χ1) is 12.1. The molecule has 1 unspecified atom stereocenters. The maximum atomic E-state index is 13.0. The van der Waals surface area contributed by atoms with Crippen molar-refractivity contribution in [1.82, 2.24) is 10.2 Å². The van der Waals surface area contributed by atoms with Gasteiger partial charge in [0.2, 0.25) is 0 Å². The van der Waals surface area contributed by atoms with Crippen LogP contribution in [0.3, 0.4) is 0 Å². The third-order valence-electron chi connectivity index (χ3n) is 5.03. The molecule has 128 valence electrons. The van der Waals surface area contributed by atoms with E-state index in [1.165, 1.54) is 4.90 Å². The van der Waals surface area contributed by atoms with Gasteiger partial charge >= 0.3 is 6.03 Å². The molecule has 5 heteroatoms. The molecule has 25 heavy (non-hydrogen) atoms. The molecule has 1 saturated heterocycles. The summed E-state index contributed by atoms with van der Waals surface area (Å²) in [6.45, 7) is 2.53. The Kier molecular flexibility index (Phi) is 3.71. The molecule has 5 nitrogen and oxygen atoms in total. The lowest BCUT2D eigenvalue weighted by atomic mass is 9.92. The number of nitrogens with zero attached hydrogens (tertiary/aromatic N) is 1. The number of amides is 3. The van der Waals surface area contributed by atoms with Crippen molar-refractivity contribution in [1.29, 1.82) is 0 Å². The molecule has 0 saturated carbocycles. The van der Waals surface area contributed by atoms with E-state index in [0.717, 1.165) is 28.9 Å². The number of carbonyl (C=O) groups excluding carboxylic acids is 2. The molecule has 1 spiro atoms. The highest BCUT2D eigenvalue weighted by atomic mass is 16.5. The highest BCUT2D eigenvalue weighted by Crippen LogP contribution is 2.41. The van der Waals surface area contributed by atoms with E-state index < -0.39 is 5.54 Å². The third kappa shape index (κ3) is 2.56. The van der Waals surface area contributed by atoms with Gasteiger partial charge in [0.05, 0.1) is 6.54 Å². The lowest BCUT2D eigenvalue weighted by molar-refractivity contribution is -0.131. The van der Waals surface area contributed by atoms with Gasteiger partial charge in [0, 0.05) is 0 Å². The second-order valence-electron chi connectivity index (χ2n) is 6.61. The van der Waals surface area contributed by atoms with E-state index in [9.17, 15) is 9.59 Å². The molecule has 0 bridgehead atoms. The van der Waals surface area contributed by atoms with Gasteiger partial charge in [0.15, 0.2) is 0 Å². The van der Waals surface area contributed by atoms with Crippen molar-refractivity contribution in [3.05, 3.63) is 65.2 Å². The van der Waals surface area contributed by atoms with E-state index in [-0.39, 0.29) is 25.1 Å². The Hall–Kier alpha value is -2.82. The van der Waals surface area contributed by atoms with Crippen LogP contribution in [0.1, 0.15) is 23.1 Å². The SMILES string of the molecule is Cc1ccc(OCCN2C(=O)NC3(CCc4ccccc43)C2=O)cc1. The predicted octanol–water partition coefficient (Wildman–Crippen LogP) is 2.77. The fraction of sp³-hybridized carbons (Fsp3) is 0.300. The number of rotatable bonds is 4. The molecule has 4 rings (SSSR count). The van der Waals surface area contributed by atoms with Crippen molar-refractivity contribution in [3.63, 3.8) is 0 Å². The number of ether oxygens (including phenoxy) is 1. The molecule has 1 atom stereocenters. The number of imide groups is 1. The zero-order valence-electron chi connectivity index (χ0n) is 14.1. The molecule has 1 fully saturated rings. The number of hydrogen-bond acceptors (Lipinski definition) is 3. The molecule has 0 radical (unpaired) electrons. The minimum atomic E-state index is -0.891. The van der Waals surface area contributed by atoms with Crippen molar-refractivity contribution in [3.8, 4) is 5.75 Å². The van der Waals surface area contributed by atoms with Crippen LogP contribution in [0.25, 0.3) is 0 Å². The highest BCUT2D eigenvalue weighted by Gasteiger charge is 2.54. The fourth-order valence-electron chi connectivity index (χ4n) is 3.68. The van der Waals surface area contributed by atoms with E-state index in [1.54, 1.807) is 0 Å². The van der Waals surface area contributed by atoms with Crippen molar-refractivity contribution in [2.75, 3.05) is 13.2 Å². The first kappa shape index (κ1) is 15.7. The maximum absolute atomic E-state index is 13.0. The molecule has 1 aliphatic heterocycles. The van der Waals surface area contributed by atoms with Crippen LogP contribution in [0.4, 0.5) is 4.79 Å². The van der Waals surface area contributed by atoms with Crippen LogP contribution >= 0.6 is 0 Å². The van der Waals surface area contributed by atoms with Crippen molar-refractivity contribution in [2.24, 2.45) is 0 Å². The summed E-state index contributed by atoms with van der Waals surface area (Å²) in [4.78, 5) is 26.6. The highest BCUT2D eigenvalue weighted by molar-refractivity contribution is 6.08. The predicted molar refractivity (Wildman–Crippen MR) is 93.4 cm³/mol. The Bertz CT molecular complexity index is 831. The van der Waals surface area contributed by atoms with E-state index in [0.29, 0.717) is 6.42 Å². The van der Waals surface area contributed by atoms with Gasteiger partial charge in [-0.25, -0.2) is 4.79 Å². The van der Waals surface area contributed by atoms with Gasteiger partial charge in [-0.1, -0.05) is 42.0 Å². The standard InChI is InChI=1S/C20H20N2O3/c1-14-6-8-16(9-7-14)25-13-12-22-18(23)20(21-19(22)24)11-10-15-4-2-3-5-17(15)20/h2-9H,10-13H2,1H3,(H,21,24). The molecule has 0 aromatic heterocycles. The summed E-state index contributed by atoms with van der Waals surface area (Å²) < 4.78 is 5.67. The summed E-state index contributed by atoms with van der Waals surface area (Å²) in [5.41, 5.74) is 2.32. The Labute approximate surface area is 146 Å². The van der Waals surface area contributed by atoms with E-state index >= 15 is 0 Å². The number of hydrogen-bond donors (Lipinski definition) is 1. The number of urea groups is 1. The van der Waals surface area contributed by atoms with Crippen LogP contribution < -0.4 is 10.1 Å². The molecule has 2 aliphatic rings. The van der Waals surface area contributed by atoms with Crippen molar-refractivity contribution >= 4 is 11.9 Å². The monoisotopic (exact) mass is 336 g/mol. The van der Waals surface area contributed by atoms with Gasteiger partial charge in [0.25, 0.3) is 5.91 Å². The number of carbonyl (C=O) groups is 2. The van der Waals surface area contributed by atoms with Gasteiger partial charge in [-0.05, 0) is 43.0 Å². The van der Waals surface area contributed by atoms with Crippen LogP contribution in [0.15, 0.2) is 48.5 Å². The smallest absolute Gasteiger partial charge is 0.325 e. The van der Waals surface area contributed by atoms with E-state index in [2.05, 4.69) is 5.32 Å².